The standard InChI is InChI=1S/C17H18FNO/c1-12-10-15(18)7-6-14(12)11-17(20)16-5-3-2-4-13(16)8-9-19/h2-7,10H,8-9,11,19H2,1H3. The van der Waals surface area contributed by atoms with Crippen molar-refractivity contribution >= 4 is 5.78 Å². The quantitative estimate of drug-likeness (QED) is 0.849. The van der Waals surface area contributed by atoms with E-state index in [4.69, 9.17) is 5.73 Å². The fraction of sp³-hybridized carbons (Fsp3) is 0.235. The van der Waals surface area contributed by atoms with Gasteiger partial charge in [0.25, 0.3) is 0 Å². The lowest BCUT2D eigenvalue weighted by Gasteiger charge is -2.09. The highest BCUT2D eigenvalue weighted by molar-refractivity contribution is 5.99. The molecule has 0 aliphatic carbocycles. The van der Waals surface area contributed by atoms with Gasteiger partial charge in [0, 0.05) is 12.0 Å². The maximum Gasteiger partial charge on any atom is 0.167 e. The summed E-state index contributed by atoms with van der Waals surface area (Å²) in [6.45, 7) is 2.33. The third-order valence-corrected chi connectivity index (χ3v) is 3.39. The molecule has 3 heteroatoms. The van der Waals surface area contributed by atoms with Crippen LogP contribution in [0.1, 0.15) is 27.0 Å². The maximum atomic E-state index is 13.1. The Labute approximate surface area is 118 Å². The number of hydrogen-bond acceptors (Lipinski definition) is 2. The van der Waals surface area contributed by atoms with E-state index in [-0.39, 0.29) is 18.0 Å². The van der Waals surface area contributed by atoms with E-state index < -0.39 is 0 Å². The van der Waals surface area contributed by atoms with Crippen molar-refractivity contribution < 1.29 is 9.18 Å². The summed E-state index contributed by atoms with van der Waals surface area (Å²) in [5, 5.41) is 0. The molecule has 0 saturated carbocycles. The first-order valence-electron chi connectivity index (χ1n) is 6.68. The molecule has 0 spiro atoms. The van der Waals surface area contributed by atoms with Crippen LogP contribution in [-0.4, -0.2) is 12.3 Å². The Morgan fingerprint density at radius 1 is 1.15 bits per heavy atom. The number of Topliss-reactive ketones (excluding diaryl/α,β-unsaturated/α-hetero) is 1. The summed E-state index contributed by atoms with van der Waals surface area (Å²) < 4.78 is 13.1. The number of carbonyl (C=O) groups is 1. The Hall–Kier alpha value is -2.00. The predicted molar refractivity (Wildman–Crippen MR) is 78.4 cm³/mol. The Morgan fingerprint density at radius 2 is 1.90 bits per heavy atom. The zero-order valence-corrected chi connectivity index (χ0v) is 11.5. The maximum absolute atomic E-state index is 13.1. The molecule has 104 valence electrons. The van der Waals surface area contributed by atoms with Crippen molar-refractivity contribution in [3.05, 3.63) is 70.5 Å². The van der Waals surface area contributed by atoms with Crippen LogP contribution < -0.4 is 5.73 Å². The van der Waals surface area contributed by atoms with Crippen molar-refractivity contribution in [1.82, 2.24) is 0 Å². The first-order valence-corrected chi connectivity index (χ1v) is 6.68. The van der Waals surface area contributed by atoms with Gasteiger partial charge in [0.2, 0.25) is 0 Å². The molecule has 0 unspecified atom stereocenters. The number of carbonyl (C=O) groups excluding carboxylic acids is 1. The van der Waals surface area contributed by atoms with Gasteiger partial charge >= 0.3 is 0 Å². The molecule has 0 bridgehead atoms. The first kappa shape index (κ1) is 14.4. The van der Waals surface area contributed by atoms with Crippen LogP contribution in [0.5, 0.6) is 0 Å². The van der Waals surface area contributed by atoms with Gasteiger partial charge in [-0.15, -0.1) is 0 Å². The number of rotatable bonds is 5. The zero-order chi connectivity index (χ0) is 14.5. The van der Waals surface area contributed by atoms with E-state index in [0.717, 1.165) is 16.7 Å². The van der Waals surface area contributed by atoms with Crippen molar-refractivity contribution in [2.75, 3.05) is 6.54 Å². The van der Waals surface area contributed by atoms with Crippen molar-refractivity contribution in [2.24, 2.45) is 5.73 Å². The van der Waals surface area contributed by atoms with Gasteiger partial charge in [-0.05, 0) is 48.7 Å². The molecular formula is C17H18FNO. The van der Waals surface area contributed by atoms with Crippen LogP contribution in [0.25, 0.3) is 0 Å². The molecule has 2 aromatic rings. The molecule has 0 atom stereocenters. The topological polar surface area (TPSA) is 43.1 Å². The highest BCUT2D eigenvalue weighted by Gasteiger charge is 2.12. The fourth-order valence-corrected chi connectivity index (χ4v) is 2.29. The van der Waals surface area contributed by atoms with Crippen molar-refractivity contribution in [1.29, 1.82) is 0 Å². The summed E-state index contributed by atoms with van der Waals surface area (Å²) in [6.07, 6.45) is 0.970. The summed E-state index contributed by atoms with van der Waals surface area (Å²) in [4.78, 5) is 12.4. The molecule has 0 aromatic heterocycles. The minimum absolute atomic E-state index is 0.0451. The summed E-state index contributed by atoms with van der Waals surface area (Å²) in [6, 6.07) is 12.0. The number of aryl methyl sites for hydroxylation is 1. The van der Waals surface area contributed by atoms with Gasteiger partial charge in [-0.1, -0.05) is 30.3 Å². The van der Waals surface area contributed by atoms with Crippen molar-refractivity contribution in [3.8, 4) is 0 Å². The largest absolute Gasteiger partial charge is 0.330 e. The van der Waals surface area contributed by atoms with Crippen LogP contribution in [0.2, 0.25) is 0 Å². The molecule has 2 aromatic carbocycles. The number of ketones is 1. The van der Waals surface area contributed by atoms with Crippen LogP contribution in [0.15, 0.2) is 42.5 Å². The summed E-state index contributed by atoms with van der Waals surface area (Å²) in [7, 11) is 0. The Bertz CT molecular complexity index is 622. The Kier molecular flexibility index (Phi) is 4.64. The van der Waals surface area contributed by atoms with Gasteiger partial charge in [-0.25, -0.2) is 4.39 Å². The average molecular weight is 271 g/mol. The van der Waals surface area contributed by atoms with Gasteiger partial charge in [-0.2, -0.15) is 0 Å². The minimum Gasteiger partial charge on any atom is -0.330 e. The van der Waals surface area contributed by atoms with E-state index in [1.165, 1.54) is 12.1 Å². The minimum atomic E-state index is -0.276. The third-order valence-electron chi connectivity index (χ3n) is 3.39. The second-order valence-corrected chi connectivity index (χ2v) is 4.87. The Morgan fingerprint density at radius 3 is 2.60 bits per heavy atom. The molecule has 0 aliphatic rings. The van der Waals surface area contributed by atoms with E-state index in [1.54, 1.807) is 6.07 Å². The second-order valence-electron chi connectivity index (χ2n) is 4.87. The lowest BCUT2D eigenvalue weighted by Crippen LogP contribution is -2.11. The van der Waals surface area contributed by atoms with Gasteiger partial charge in [0.15, 0.2) is 5.78 Å². The summed E-state index contributed by atoms with van der Waals surface area (Å²) in [5.41, 5.74) is 8.91. The molecule has 2 nitrogen and oxygen atoms in total. The van der Waals surface area contributed by atoms with Gasteiger partial charge < -0.3 is 5.73 Å². The van der Waals surface area contributed by atoms with Crippen LogP contribution in [0.3, 0.4) is 0 Å². The van der Waals surface area contributed by atoms with Crippen LogP contribution >= 0.6 is 0 Å². The summed E-state index contributed by atoms with van der Waals surface area (Å²) >= 11 is 0. The van der Waals surface area contributed by atoms with Crippen molar-refractivity contribution in [3.63, 3.8) is 0 Å². The van der Waals surface area contributed by atoms with E-state index in [1.807, 2.05) is 31.2 Å². The van der Waals surface area contributed by atoms with E-state index >= 15 is 0 Å². The molecule has 0 fully saturated rings. The van der Waals surface area contributed by atoms with Gasteiger partial charge in [0.05, 0.1) is 0 Å². The van der Waals surface area contributed by atoms with Crippen LogP contribution in [0, 0.1) is 12.7 Å². The zero-order valence-electron chi connectivity index (χ0n) is 11.5. The molecular weight excluding hydrogens is 253 g/mol. The highest BCUT2D eigenvalue weighted by atomic mass is 19.1. The molecule has 20 heavy (non-hydrogen) atoms. The number of nitrogens with two attached hydrogens (primary N) is 1. The van der Waals surface area contributed by atoms with E-state index in [0.29, 0.717) is 18.5 Å². The average Bonchev–Trinajstić information content (AvgIpc) is 2.43. The SMILES string of the molecule is Cc1cc(F)ccc1CC(=O)c1ccccc1CCN. The van der Waals surface area contributed by atoms with Crippen LogP contribution in [0.4, 0.5) is 4.39 Å². The summed E-state index contributed by atoms with van der Waals surface area (Å²) in [5.74, 6) is -0.231. The van der Waals surface area contributed by atoms with E-state index in [2.05, 4.69) is 0 Å². The Balaban J connectivity index is 2.24. The van der Waals surface area contributed by atoms with Crippen LogP contribution in [-0.2, 0) is 12.8 Å². The molecule has 2 rings (SSSR count). The normalized spacial score (nSPS) is 10.6. The predicted octanol–water partition coefficient (Wildman–Crippen LogP) is 3.06. The third kappa shape index (κ3) is 3.31. The molecule has 2 N–H and O–H groups in total. The lowest BCUT2D eigenvalue weighted by atomic mass is 9.95. The molecule has 0 radical (unpaired) electrons. The van der Waals surface area contributed by atoms with Gasteiger partial charge in [-0.3, -0.25) is 4.79 Å². The highest BCUT2D eigenvalue weighted by Crippen LogP contribution is 2.16. The molecule has 0 heterocycles. The number of hydrogen-bond donors (Lipinski definition) is 1. The lowest BCUT2D eigenvalue weighted by molar-refractivity contribution is 0.0992. The smallest absolute Gasteiger partial charge is 0.167 e. The second kappa shape index (κ2) is 6.44. The molecule has 0 aliphatic heterocycles. The fourth-order valence-electron chi connectivity index (χ4n) is 2.29. The molecule has 0 amide bonds. The van der Waals surface area contributed by atoms with Gasteiger partial charge in [0.1, 0.15) is 5.82 Å². The molecule has 0 saturated heterocycles. The first-order chi connectivity index (χ1) is 9.61. The monoisotopic (exact) mass is 271 g/mol. The van der Waals surface area contributed by atoms with Crippen molar-refractivity contribution in [2.45, 2.75) is 19.8 Å². The van der Waals surface area contributed by atoms with E-state index in [9.17, 15) is 9.18 Å². The number of benzene rings is 2. The number of halogens is 1.